The average molecular weight is 332 g/mol. The van der Waals surface area contributed by atoms with E-state index in [-0.39, 0.29) is 11.8 Å². The largest absolute Gasteiger partial charge is 0.323 e. The molecule has 1 N–H and O–H groups in total. The number of anilines is 1. The molecule has 0 unspecified atom stereocenters. The Labute approximate surface area is 120 Å². The Kier molecular flexibility index (Phi) is 4.62. The molecule has 0 radical (unpaired) electrons. The monoisotopic (exact) mass is 330 g/mol. The van der Waals surface area contributed by atoms with E-state index < -0.39 is 0 Å². The molecule has 1 aliphatic rings. The maximum atomic E-state index is 12.1. The van der Waals surface area contributed by atoms with Crippen molar-refractivity contribution in [2.45, 2.75) is 32.6 Å². The highest BCUT2D eigenvalue weighted by Crippen LogP contribution is 2.30. The summed E-state index contributed by atoms with van der Waals surface area (Å²) in [4.78, 5) is 16.1. The van der Waals surface area contributed by atoms with Gasteiger partial charge in [0.05, 0.1) is 5.69 Å². The first-order chi connectivity index (χ1) is 8.56. The molecule has 0 aromatic carbocycles. The summed E-state index contributed by atoms with van der Waals surface area (Å²) in [6, 6.07) is 1.78. The fourth-order valence-electron chi connectivity index (χ4n) is 2.27. The van der Waals surface area contributed by atoms with E-state index >= 15 is 0 Å². The van der Waals surface area contributed by atoms with Gasteiger partial charge in [-0.3, -0.25) is 4.79 Å². The molecule has 1 aromatic heterocycles. The highest BCUT2D eigenvalue weighted by molar-refractivity contribution is 9.10. The van der Waals surface area contributed by atoms with E-state index in [0.29, 0.717) is 10.8 Å². The second-order valence-corrected chi connectivity index (χ2v) is 6.21. The van der Waals surface area contributed by atoms with Gasteiger partial charge in [0.15, 0.2) is 5.15 Å². The molecule has 1 aliphatic carbocycles. The number of nitrogens with one attached hydrogen (secondary N) is 1. The SMILES string of the molecule is CC1CCC(C(=O)Nc2cc(Br)cnc2Cl)CC1. The molecule has 0 bridgehead atoms. The van der Waals surface area contributed by atoms with Crippen LogP contribution in [0.1, 0.15) is 32.6 Å². The summed E-state index contributed by atoms with van der Waals surface area (Å²) in [5.41, 5.74) is 0.578. The third-order valence-electron chi connectivity index (χ3n) is 3.45. The molecule has 2 rings (SSSR count). The third kappa shape index (κ3) is 3.45. The Balaban J connectivity index is 2.00. The molecule has 0 spiro atoms. The van der Waals surface area contributed by atoms with Crippen LogP contribution >= 0.6 is 27.5 Å². The van der Waals surface area contributed by atoms with Crippen molar-refractivity contribution in [2.24, 2.45) is 11.8 Å². The number of aromatic nitrogens is 1. The zero-order chi connectivity index (χ0) is 13.1. The molecule has 18 heavy (non-hydrogen) atoms. The van der Waals surface area contributed by atoms with E-state index in [2.05, 4.69) is 33.2 Å². The lowest BCUT2D eigenvalue weighted by molar-refractivity contribution is -0.121. The number of carbonyl (C=O) groups is 1. The van der Waals surface area contributed by atoms with Crippen LogP contribution in [0, 0.1) is 11.8 Å². The van der Waals surface area contributed by atoms with Gasteiger partial charge >= 0.3 is 0 Å². The van der Waals surface area contributed by atoms with Gasteiger partial charge in [0.2, 0.25) is 5.91 Å². The second-order valence-electron chi connectivity index (χ2n) is 4.94. The first-order valence-electron chi connectivity index (χ1n) is 6.18. The maximum absolute atomic E-state index is 12.1. The van der Waals surface area contributed by atoms with Crippen LogP contribution in [0.3, 0.4) is 0 Å². The van der Waals surface area contributed by atoms with E-state index in [1.165, 1.54) is 0 Å². The Morgan fingerprint density at radius 3 is 2.78 bits per heavy atom. The summed E-state index contributed by atoms with van der Waals surface area (Å²) in [5.74, 6) is 0.908. The molecule has 3 nitrogen and oxygen atoms in total. The number of halogens is 2. The number of amides is 1. The summed E-state index contributed by atoms with van der Waals surface area (Å²) in [5, 5.41) is 3.20. The predicted molar refractivity (Wildman–Crippen MR) is 76.7 cm³/mol. The van der Waals surface area contributed by atoms with Crippen molar-refractivity contribution < 1.29 is 4.79 Å². The standard InChI is InChI=1S/C13H16BrClN2O/c1-8-2-4-9(5-3-8)13(18)17-11-6-10(14)7-16-12(11)15/h6-9H,2-5H2,1H3,(H,17,18). The van der Waals surface area contributed by atoms with Crippen LogP contribution in [0.5, 0.6) is 0 Å². The molecule has 0 atom stereocenters. The van der Waals surface area contributed by atoms with Gasteiger partial charge in [-0.2, -0.15) is 0 Å². The summed E-state index contributed by atoms with van der Waals surface area (Å²) >= 11 is 9.27. The number of carbonyl (C=O) groups excluding carboxylic acids is 1. The second kappa shape index (κ2) is 6.02. The highest BCUT2D eigenvalue weighted by atomic mass is 79.9. The fourth-order valence-corrected chi connectivity index (χ4v) is 2.75. The summed E-state index contributed by atoms with van der Waals surface area (Å²) in [6.45, 7) is 2.24. The van der Waals surface area contributed by atoms with Gasteiger partial charge in [-0.1, -0.05) is 18.5 Å². The normalized spacial score (nSPS) is 23.7. The van der Waals surface area contributed by atoms with Gasteiger partial charge in [-0.25, -0.2) is 4.98 Å². The number of pyridine rings is 1. The van der Waals surface area contributed by atoms with E-state index in [1.54, 1.807) is 12.3 Å². The van der Waals surface area contributed by atoms with Gasteiger partial charge in [0.25, 0.3) is 0 Å². The lowest BCUT2D eigenvalue weighted by Gasteiger charge is -2.25. The Morgan fingerprint density at radius 2 is 2.11 bits per heavy atom. The maximum Gasteiger partial charge on any atom is 0.227 e. The lowest BCUT2D eigenvalue weighted by Crippen LogP contribution is -2.26. The van der Waals surface area contributed by atoms with E-state index in [1.807, 2.05) is 0 Å². The number of nitrogens with zero attached hydrogens (tertiary/aromatic N) is 1. The van der Waals surface area contributed by atoms with E-state index in [9.17, 15) is 4.79 Å². The van der Waals surface area contributed by atoms with Gasteiger partial charge in [-0.05, 0) is 53.6 Å². The lowest BCUT2D eigenvalue weighted by atomic mass is 9.82. The van der Waals surface area contributed by atoms with E-state index in [0.717, 1.165) is 36.1 Å². The Bertz CT molecular complexity index is 445. The minimum Gasteiger partial charge on any atom is -0.323 e. The summed E-state index contributed by atoms with van der Waals surface area (Å²) in [7, 11) is 0. The van der Waals surface area contributed by atoms with Crippen molar-refractivity contribution >= 4 is 39.1 Å². The minimum atomic E-state index is 0.0590. The number of hydrogen-bond donors (Lipinski definition) is 1. The molecule has 0 aliphatic heterocycles. The zero-order valence-electron chi connectivity index (χ0n) is 10.2. The molecule has 1 saturated carbocycles. The van der Waals surface area contributed by atoms with Gasteiger partial charge in [0, 0.05) is 16.6 Å². The zero-order valence-corrected chi connectivity index (χ0v) is 12.6. The van der Waals surface area contributed by atoms with E-state index in [4.69, 9.17) is 11.6 Å². The van der Waals surface area contributed by atoms with Crippen molar-refractivity contribution in [2.75, 3.05) is 5.32 Å². The van der Waals surface area contributed by atoms with Gasteiger partial charge in [-0.15, -0.1) is 0 Å². The van der Waals surface area contributed by atoms with Crippen LogP contribution in [0.4, 0.5) is 5.69 Å². The Hall–Kier alpha value is -0.610. The molecule has 1 fully saturated rings. The van der Waals surface area contributed by atoms with Crippen molar-refractivity contribution in [3.8, 4) is 0 Å². The van der Waals surface area contributed by atoms with Gasteiger partial charge in [0.1, 0.15) is 0 Å². The molecule has 1 amide bonds. The number of rotatable bonds is 2. The molecule has 0 saturated heterocycles. The summed E-state index contributed by atoms with van der Waals surface area (Å²) in [6.07, 6.45) is 5.80. The fraction of sp³-hybridized carbons (Fsp3) is 0.538. The van der Waals surface area contributed by atoms with Crippen molar-refractivity contribution in [1.29, 1.82) is 0 Å². The number of hydrogen-bond acceptors (Lipinski definition) is 2. The van der Waals surface area contributed by atoms with Crippen LogP contribution in [0.25, 0.3) is 0 Å². The van der Waals surface area contributed by atoms with Gasteiger partial charge < -0.3 is 5.32 Å². The highest BCUT2D eigenvalue weighted by Gasteiger charge is 2.24. The third-order valence-corrected chi connectivity index (χ3v) is 4.19. The molecule has 5 heteroatoms. The molecule has 1 aromatic rings. The van der Waals surface area contributed by atoms with Crippen LogP contribution in [0.2, 0.25) is 5.15 Å². The van der Waals surface area contributed by atoms with Crippen molar-refractivity contribution in [1.82, 2.24) is 4.98 Å². The predicted octanol–water partition coefficient (Wildman–Crippen LogP) is 4.26. The van der Waals surface area contributed by atoms with Crippen LogP contribution in [0.15, 0.2) is 16.7 Å². The molecular formula is C13H16BrClN2O. The summed E-state index contributed by atoms with van der Waals surface area (Å²) < 4.78 is 0.805. The smallest absolute Gasteiger partial charge is 0.227 e. The van der Waals surface area contributed by atoms with Crippen molar-refractivity contribution in [3.63, 3.8) is 0 Å². The topological polar surface area (TPSA) is 42.0 Å². The van der Waals surface area contributed by atoms with Crippen LogP contribution in [-0.4, -0.2) is 10.9 Å². The molecule has 1 heterocycles. The Morgan fingerprint density at radius 1 is 1.44 bits per heavy atom. The minimum absolute atomic E-state index is 0.0590. The van der Waals surface area contributed by atoms with Crippen LogP contribution in [-0.2, 0) is 4.79 Å². The quantitative estimate of drug-likeness (QED) is 0.823. The average Bonchev–Trinajstić information content (AvgIpc) is 2.34. The first kappa shape index (κ1) is 13.8. The molecule has 98 valence electrons. The van der Waals surface area contributed by atoms with Crippen molar-refractivity contribution in [3.05, 3.63) is 21.9 Å². The van der Waals surface area contributed by atoms with Crippen LogP contribution < -0.4 is 5.32 Å². The first-order valence-corrected chi connectivity index (χ1v) is 7.35. The molecular weight excluding hydrogens is 316 g/mol.